The normalized spacial score (nSPS) is 10.4. The van der Waals surface area contributed by atoms with E-state index in [2.05, 4.69) is 15.5 Å². The molecular weight excluding hydrogens is 160 g/mol. The Hall–Kier alpha value is -1.14. The highest BCUT2D eigenvalue weighted by molar-refractivity contribution is 5.04. The van der Waals surface area contributed by atoms with E-state index in [0.717, 1.165) is 6.54 Å². The van der Waals surface area contributed by atoms with Gasteiger partial charge < -0.3 is 20.2 Å². The number of hydrogen-bond acceptors (Lipinski definition) is 6. The van der Waals surface area contributed by atoms with Gasteiger partial charge in [-0.15, -0.1) is 5.10 Å². The molecule has 6 nitrogen and oxygen atoms in total. The third kappa shape index (κ3) is 2.85. The number of nitrogens with two attached hydrogens (primary N) is 1. The van der Waals surface area contributed by atoms with Gasteiger partial charge in [-0.25, -0.2) is 0 Å². The zero-order valence-electron chi connectivity index (χ0n) is 6.91. The van der Waals surface area contributed by atoms with Crippen molar-refractivity contribution in [1.29, 1.82) is 0 Å². The van der Waals surface area contributed by atoms with Crippen molar-refractivity contribution >= 4 is 6.01 Å². The summed E-state index contributed by atoms with van der Waals surface area (Å²) in [5, 5.41) is 10.2. The molecule has 12 heavy (non-hydrogen) atoms. The highest BCUT2D eigenvalue weighted by atomic mass is 16.5. The van der Waals surface area contributed by atoms with Crippen molar-refractivity contribution in [2.75, 3.05) is 26.0 Å². The van der Waals surface area contributed by atoms with Gasteiger partial charge in [0.2, 0.25) is 5.89 Å². The van der Waals surface area contributed by atoms with Gasteiger partial charge in [0.05, 0.1) is 13.2 Å². The molecule has 1 rings (SSSR count). The van der Waals surface area contributed by atoms with Gasteiger partial charge in [0, 0.05) is 13.7 Å². The predicted octanol–water partition coefficient (Wildman–Crippen LogP) is -0.612. The Bertz CT molecular complexity index is 225. The van der Waals surface area contributed by atoms with Gasteiger partial charge in [-0.05, 0) is 0 Å². The SMILES string of the molecule is COCCNCc1nnc(N)o1. The average molecular weight is 172 g/mol. The van der Waals surface area contributed by atoms with Gasteiger partial charge in [0.15, 0.2) is 0 Å². The van der Waals surface area contributed by atoms with E-state index in [4.69, 9.17) is 14.9 Å². The maximum absolute atomic E-state index is 5.22. The molecule has 3 N–H and O–H groups in total. The Labute approximate surface area is 70.1 Å². The number of nitrogens with zero attached hydrogens (tertiary/aromatic N) is 2. The molecule has 6 heteroatoms. The Balaban J connectivity index is 2.15. The molecule has 0 bridgehead atoms. The third-order valence-corrected chi connectivity index (χ3v) is 1.24. The van der Waals surface area contributed by atoms with Crippen LogP contribution >= 0.6 is 0 Å². The van der Waals surface area contributed by atoms with E-state index in [-0.39, 0.29) is 6.01 Å². The molecule has 1 aromatic heterocycles. The minimum Gasteiger partial charge on any atom is -0.407 e. The second-order valence-electron chi connectivity index (χ2n) is 2.20. The van der Waals surface area contributed by atoms with Crippen molar-refractivity contribution in [3.63, 3.8) is 0 Å². The van der Waals surface area contributed by atoms with Crippen molar-refractivity contribution in [3.8, 4) is 0 Å². The van der Waals surface area contributed by atoms with E-state index in [1.165, 1.54) is 0 Å². The van der Waals surface area contributed by atoms with Crippen molar-refractivity contribution in [3.05, 3.63) is 5.89 Å². The maximum Gasteiger partial charge on any atom is 0.312 e. The Morgan fingerprint density at radius 3 is 3.00 bits per heavy atom. The molecule has 0 amide bonds. The highest BCUT2D eigenvalue weighted by Gasteiger charge is 2.00. The van der Waals surface area contributed by atoms with Gasteiger partial charge in [-0.3, -0.25) is 0 Å². The molecule has 0 unspecified atom stereocenters. The maximum atomic E-state index is 5.22. The molecule has 1 heterocycles. The number of aromatic nitrogens is 2. The smallest absolute Gasteiger partial charge is 0.312 e. The Morgan fingerprint density at radius 2 is 2.42 bits per heavy atom. The minimum atomic E-state index is 0.0959. The molecule has 0 aliphatic carbocycles. The first-order valence-corrected chi connectivity index (χ1v) is 3.60. The minimum absolute atomic E-state index is 0.0959. The second kappa shape index (κ2) is 4.68. The van der Waals surface area contributed by atoms with Crippen molar-refractivity contribution in [2.24, 2.45) is 0 Å². The summed E-state index contributed by atoms with van der Waals surface area (Å²) < 4.78 is 9.75. The molecule has 0 atom stereocenters. The summed E-state index contributed by atoms with van der Waals surface area (Å²) in [7, 11) is 1.65. The van der Waals surface area contributed by atoms with Crippen LogP contribution in [-0.4, -0.2) is 30.5 Å². The first kappa shape index (κ1) is 8.95. The molecule has 1 aromatic rings. The number of nitrogen functional groups attached to an aromatic ring is 1. The fourth-order valence-corrected chi connectivity index (χ4v) is 0.708. The summed E-state index contributed by atoms with van der Waals surface area (Å²) in [4.78, 5) is 0. The van der Waals surface area contributed by atoms with Crippen LogP contribution in [0.1, 0.15) is 5.89 Å². The largest absolute Gasteiger partial charge is 0.407 e. The standard InChI is InChI=1S/C6H12N4O2/c1-11-3-2-8-4-5-9-10-6(7)12-5/h8H,2-4H2,1H3,(H2,7,10). The highest BCUT2D eigenvalue weighted by Crippen LogP contribution is 1.98. The number of anilines is 1. The van der Waals surface area contributed by atoms with Crippen molar-refractivity contribution in [1.82, 2.24) is 15.5 Å². The van der Waals surface area contributed by atoms with Crippen molar-refractivity contribution < 1.29 is 9.15 Å². The molecule has 68 valence electrons. The van der Waals surface area contributed by atoms with Crippen LogP contribution in [0.4, 0.5) is 6.01 Å². The number of nitrogens with one attached hydrogen (secondary N) is 1. The number of methoxy groups -OCH3 is 1. The van der Waals surface area contributed by atoms with Crippen LogP contribution in [0.25, 0.3) is 0 Å². The van der Waals surface area contributed by atoms with Gasteiger partial charge in [-0.1, -0.05) is 5.10 Å². The van der Waals surface area contributed by atoms with E-state index >= 15 is 0 Å². The lowest BCUT2D eigenvalue weighted by Crippen LogP contribution is -2.18. The lowest BCUT2D eigenvalue weighted by atomic mass is 10.6. The van der Waals surface area contributed by atoms with E-state index < -0.39 is 0 Å². The molecule has 0 fully saturated rings. The van der Waals surface area contributed by atoms with Gasteiger partial charge in [-0.2, -0.15) is 0 Å². The van der Waals surface area contributed by atoms with E-state index in [1.807, 2.05) is 0 Å². The topological polar surface area (TPSA) is 86.2 Å². The van der Waals surface area contributed by atoms with Crippen LogP contribution in [0.5, 0.6) is 0 Å². The van der Waals surface area contributed by atoms with E-state index in [0.29, 0.717) is 19.0 Å². The first-order valence-electron chi connectivity index (χ1n) is 3.60. The number of ether oxygens (including phenoxy) is 1. The Morgan fingerprint density at radius 1 is 1.58 bits per heavy atom. The summed E-state index contributed by atoms with van der Waals surface area (Å²) >= 11 is 0. The lowest BCUT2D eigenvalue weighted by molar-refractivity contribution is 0.198. The molecule has 0 saturated carbocycles. The zero-order chi connectivity index (χ0) is 8.81. The quantitative estimate of drug-likeness (QED) is 0.576. The van der Waals surface area contributed by atoms with Gasteiger partial charge in [0.25, 0.3) is 0 Å². The predicted molar refractivity (Wildman–Crippen MR) is 42.3 cm³/mol. The number of hydrogen-bond donors (Lipinski definition) is 2. The van der Waals surface area contributed by atoms with Crippen LogP contribution in [0.3, 0.4) is 0 Å². The molecule has 0 spiro atoms. The molecule has 0 saturated heterocycles. The lowest BCUT2D eigenvalue weighted by Gasteiger charge is -1.98. The van der Waals surface area contributed by atoms with Gasteiger partial charge in [0.1, 0.15) is 0 Å². The van der Waals surface area contributed by atoms with Gasteiger partial charge >= 0.3 is 6.01 Å². The van der Waals surface area contributed by atoms with Crippen LogP contribution in [0.2, 0.25) is 0 Å². The zero-order valence-corrected chi connectivity index (χ0v) is 6.91. The summed E-state index contributed by atoms with van der Waals surface area (Å²) in [5.74, 6) is 0.489. The summed E-state index contributed by atoms with van der Waals surface area (Å²) in [5.41, 5.74) is 5.22. The monoisotopic (exact) mass is 172 g/mol. The second-order valence-corrected chi connectivity index (χ2v) is 2.20. The van der Waals surface area contributed by atoms with E-state index in [9.17, 15) is 0 Å². The molecule has 0 aliphatic rings. The summed E-state index contributed by atoms with van der Waals surface area (Å²) in [6.07, 6.45) is 0. The molecule has 0 aromatic carbocycles. The Kier molecular flexibility index (Phi) is 3.49. The third-order valence-electron chi connectivity index (χ3n) is 1.24. The molecule has 0 aliphatic heterocycles. The fraction of sp³-hybridized carbons (Fsp3) is 0.667. The van der Waals surface area contributed by atoms with E-state index in [1.54, 1.807) is 7.11 Å². The average Bonchev–Trinajstić information content (AvgIpc) is 2.45. The van der Waals surface area contributed by atoms with Crippen LogP contribution in [0.15, 0.2) is 4.42 Å². The fourth-order valence-electron chi connectivity index (χ4n) is 0.708. The first-order chi connectivity index (χ1) is 5.83. The van der Waals surface area contributed by atoms with Crippen LogP contribution in [0, 0.1) is 0 Å². The summed E-state index contributed by atoms with van der Waals surface area (Å²) in [6.45, 7) is 1.93. The van der Waals surface area contributed by atoms with Crippen molar-refractivity contribution in [2.45, 2.75) is 6.54 Å². The molecular formula is C6H12N4O2. The van der Waals surface area contributed by atoms with Crippen LogP contribution in [-0.2, 0) is 11.3 Å². The number of rotatable bonds is 5. The molecule has 0 radical (unpaired) electrons. The summed E-state index contributed by atoms with van der Waals surface area (Å²) in [6, 6.07) is 0.0959. The van der Waals surface area contributed by atoms with Crippen LogP contribution < -0.4 is 11.1 Å².